The molecule has 0 aromatic rings. The van der Waals surface area contributed by atoms with Crippen LogP contribution in [0.1, 0.15) is 13.3 Å². The third-order valence-corrected chi connectivity index (χ3v) is 2.37. The van der Waals surface area contributed by atoms with Crippen molar-refractivity contribution in [1.29, 1.82) is 0 Å². The Kier molecular flexibility index (Phi) is 1.77. The summed E-state index contributed by atoms with van der Waals surface area (Å²) in [5.41, 5.74) is 2.73. The Morgan fingerprint density at radius 2 is 2.33 bits per heavy atom. The molecular formula is C10H14N2. The molecule has 2 rings (SSSR count). The van der Waals surface area contributed by atoms with Crippen LogP contribution in [0.5, 0.6) is 0 Å². The van der Waals surface area contributed by atoms with Crippen LogP contribution >= 0.6 is 0 Å². The highest BCUT2D eigenvalue weighted by atomic mass is 15.6. The van der Waals surface area contributed by atoms with E-state index in [1.807, 2.05) is 0 Å². The lowest BCUT2D eigenvalue weighted by molar-refractivity contribution is 0.131. The van der Waals surface area contributed by atoms with Crippen LogP contribution in [-0.4, -0.2) is 23.6 Å². The molecule has 0 aromatic heterocycles. The van der Waals surface area contributed by atoms with Gasteiger partial charge >= 0.3 is 0 Å². The maximum absolute atomic E-state index is 2.25. The van der Waals surface area contributed by atoms with E-state index in [1.54, 1.807) is 0 Å². The molecule has 0 fully saturated rings. The first-order valence-electron chi connectivity index (χ1n) is 4.40. The van der Waals surface area contributed by atoms with Gasteiger partial charge in [0.1, 0.15) is 0 Å². The number of hydrazine groups is 1. The van der Waals surface area contributed by atoms with E-state index in [1.165, 1.54) is 11.3 Å². The Hall–Kier alpha value is -1.02. The van der Waals surface area contributed by atoms with Gasteiger partial charge in [0.25, 0.3) is 0 Å². The normalized spacial score (nSPS) is 22.3. The van der Waals surface area contributed by atoms with Gasteiger partial charge in [-0.15, -0.1) is 0 Å². The molecule has 0 bridgehead atoms. The second-order valence-corrected chi connectivity index (χ2v) is 3.20. The predicted molar refractivity (Wildman–Crippen MR) is 50.1 cm³/mol. The fourth-order valence-corrected chi connectivity index (χ4v) is 1.55. The lowest BCUT2D eigenvalue weighted by Gasteiger charge is -2.27. The Morgan fingerprint density at radius 3 is 3.08 bits per heavy atom. The zero-order valence-electron chi connectivity index (χ0n) is 7.62. The lowest BCUT2D eigenvalue weighted by atomic mass is 10.1. The van der Waals surface area contributed by atoms with Crippen molar-refractivity contribution in [1.82, 2.24) is 10.0 Å². The molecule has 0 aliphatic carbocycles. The fraction of sp³-hybridized carbons (Fsp3) is 0.400. The van der Waals surface area contributed by atoms with E-state index in [-0.39, 0.29) is 0 Å². The second-order valence-electron chi connectivity index (χ2n) is 3.20. The van der Waals surface area contributed by atoms with E-state index in [0.717, 1.165) is 13.0 Å². The minimum absolute atomic E-state index is 1.02. The van der Waals surface area contributed by atoms with Crippen molar-refractivity contribution in [3.8, 4) is 0 Å². The molecule has 0 atom stereocenters. The van der Waals surface area contributed by atoms with Crippen LogP contribution < -0.4 is 0 Å². The van der Waals surface area contributed by atoms with Gasteiger partial charge in [0.15, 0.2) is 0 Å². The molecule has 64 valence electrons. The fourth-order valence-electron chi connectivity index (χ4n) is 1.55. The summed E-state index contributed by atoms with van der Waals surface area (Å²) in [6.45, 7) is 3.21. The van der Waals surface area contributed by atoms with E-state index >= 15 is 0 Å². The molecule has 2 nitrogen and oxygen atoms in total. The third-order valence-electron chi connectivity index (χ3n) is 2.37. The van der Waals surface area contributed by atoms with Gasteiger partial charge in [-0.3, -0.25) is 5.01 Å². The highest BCUT2D eigenvalue weighted by Crippen LogP contribution is 2.23. The Morgan fingerprint density at radius 1 is 1.50 bits per heavy atom. The van der Waals surface area contributed by atoms with Crippen molar-refractivity contribution in [3.05, 3.63) is 35.7 Å². The summed E-state index contributed by atoms with van der Waals surface area (Å²) >= 11 is 0. The quantitative estimate of drug-likeness (QED) is 0.581. The van der Waals surface area contributed by atoms with Crippen molar-refractivity contribution >= 4 is 0 Å². The van der Waals surface area contributed by atoms with Crippen LogP contribution in [0.15, 0.2) is 35.7 Å². The highest BCUT2D eigenvalue weighted by Gasteiger charge is 2.18. The van der Waals surface area contributed by atoms with E-state index in [9.17, 15) is 0 Å². The van der Waals surface area contributed by atoms with Crippen LogP contribution in [0.3, 0.4) is 0 Å². The molecule has 0 radical (unpaired) electrons. The summed E-state index contributed by atoms with van der Waals surface area (Å²) in [5.74, 6) is 0. The number of allylic oxidation sites excluding steroid dienone is 3. The van der Waals surface area contributed by atoms with E-state index in [2.05, 4.69) is 48.4 Å². The van der Waals surface area contributed by atoms with E-state index < -0.39 is 0 Å². The Labute approximate surface area is 73.4 Å². The molecule has 0 saturated heterocycles. The molecule has 0 spiro atoms. The van der Waals surface area contributed by atoms with Gasteiger partial charge in [0.2, 0.25) is 0 Å². The minimum Gasteiger partial charge on any atom is -0.282 e. The first-order chi connectivity index (χ1) is 5.81. The van der Waals surface area contributed by atoms with Crippen LogP contribution in [0.25, 0.3) is 0 Å². The monoisotopic (exact) mass is 162 g/mol. The maximum Gasteiger partial charge on any atom is 0.0549 e. The number of fused-ring (bicyclic) bond motifs is 1. The van der Waals surface area contributed by atoms with Crippen LogP contribution in [0.4, 0.5) is 0 Å². The smallest absolute Gasteiger partial charge is 0.0549 e. The number of hydrogen-bond donors (Lipinski definition) is 0. The molecule has 2 heterocycles. The van der Waals surface area contributed by atoms with Gasteiger partial charge in [-0.1, -0.05) is 6.92 Å². The van der Waals surface area contributed by atoms with Gasteiger partial charge in [-0.2, -0.15) is 0 Å². The van der Waals surface area contributed by atoms with Crippen molar-refractivity contribution in [2.24, 2.45) is 0 Å². The molecule has 0 amide bonds. The number of nitrogens with zero attached hydrogens (tertiary/aromatic N) is 2. The van der Waals surface area contributed by atoms with Gasteiger partial charge < -0.3 is 0 Å². The largest absolute Gasteiger partial charge is 0.282 e. The summed E-state index contributed by atoms with van der Waals surface area (Å²) < 4.78 is 0. The average Bonchev–Trinajstić information content (AvgIpc) is 2.47. The van der Waals surface area contributed by atoms with Gasteiger partial charge in [-0.25, -0.2) is 5.01 Å². The number of hydrogen-bond acceptors (Lipinski definition) is 2. The summed E-state index contributed by atoms with van der Waals surface area (Å²) in [6, 6.07) is 0. The van der Waals surface area contributed by atoms with Crippen molar-refractivity contribution in [2.75, 3.05) is 13.6 Å². The first kappa shape index (κ1) is 7.62. The SMILES string of the molecule is CCC1=CC2=CCN(C)N2C=C1. The topological polar surface area (TPSA) is 6.48 Å². The molecule has 2 aliphatic rings. The summed E-state index contributed by atoms with van der Waals surface area (Å²) in [5, 5.41) is 4.37. The molecule has 2 aliphatic heterocycles. The maximum atomic E-state index is 2.25. The van der Waals surface area contributed by atoms with Crippen LogP contribution in [0, 0.1) is 0 Å². The summed E-state index contributed by atoms with van der Waals surface area (Å²) in [7, 11) is 2.10. The molecule has 0 unspecified atom stereocenters. The molecule has 2 heteroatoms. The summed E-state index contributed by atoms with van der Waals surface area (Å²) in [4.78, 5) is 0. The zero-order chi connectivity index (χ0) is 8.55. The molecule has 0 saturated carbocycles. The molecule has 0 aromatic carbocycles. The highest BCUT2D eigenvalue weighted by molar-refractivity contribution is 5.36. The Balaban J connectivity index is 2.25. The van der Waals surface area contributed by atoms with Crippen molar-refractivity contribution in [3.63, 3.8) is 0 Å². The van der Waals surface area contributed by atoms with Gasteiger partial charge in [0, 0.05) is 19.8 Å². The molecular weight excluding hydrogens is 148 g/mol. The lowest BCUT2D eigenvalue weighted by Crippen LogP contribution is -2.29. The number of likely N-dealkylation sites (N-methyl/N-ethyl adjacent to an activating group) is 1. The molecule has 12 heavy (non-hydrogen) atoms. The van der Waals surface area contributed by atoms with Gasteiger partial charge in [-0.05, 0) is 30.2 Å². The second kappa shape index (κ2) is 2.79. The summed E-state index contributed by atoms with van der Waals surface area (Å²) in [6.07, 6.45) is 9.94. The van der Waals surface area contributed by atoms with Crippen molar-refractivity contribution in [2.45, 2.75) is 13.3 Å². The first-order valence-corrected chi connectivity index (χ1v) is 4.40. The minimum atomic E-state index is 1.02. The van der Waals surface area contributed by atoms with E-state index in [0.29, 0.717) is 0 Å². The standard InChI is InChI=1S/C10H14N2/c1-3-9-4-7-12-10(8-9)5-6-11(12)2/h4-5,7-8H,3,6H2,1-2H3. The predicted octanol–water partition coefficient (Wildman–Crippen LogP) is 1.90. The average molecular weight is 162 g/mol. The Bertz CT molecular complexity index is 274. The van der Waals surface area contributed by atoms with Gasteiger partial charge in [0.05, 0.1) is 5.70 Å². The molecule has 0 N–H and O–H groups in total. The third kappa shape index (κ3) is 1.08. The van der Waals surface area contributed by atoms with Crippen molar-refractivity contribution < 1.29 is 0 Å². The number of rotatable bonds is 1. The van der Waals surface area contributed by atoms with Crippen LogP contribution in [0.2, 0.25) is 0 Å². The zero-order valence-corrected chi connectivity index (χ0v) is 7.62. The van der Waals surface area contributed by atoms with E-state index in [4.69, 9.17) is 0 Å². The van der Waals surface area contributed by atoms with Crippen LogP contribution in [-0.2, 0) is 0 Å².